The van der Waals surface area contributed by atoms with Gasteiger partial charge in [0.05, 0.1) is 7.11 Å². The third-order valence-corrected chi connectivity index (χ3v) is 3.27. The lowest BCUT2D eigenvalue weighted by Gasteiger charge is -1.95. The fraction of sp³-hybridized carbons (Fsp3) is 0.167. The molecule has 1 heterocycles. The monoisotopic (exact) mass is 251 g/mol. The predicted octanol–water partition coefficient (Wildman–Crippen LogP) is 3.04. The molecule has 5 heteroatoms. The number of rotatable bonds is 2. The molecule has 88 valence electrons. The van der Waals surface area contributed by atoms with E-state index < -0.39 is 5.97 Å². The van der Waals surface area contributed by atoms with Crippen molar-refractivity contribution in [2.75, 3.05) is 7.11 Å². The average molecular weight is 251 g/mol. The Morgan fingerprint density at radius 2 is 2.24 bits per heavy atom. The van der Waals surface area contributed by atoms with Crippen molar-refractivity contribution in [3.8, 4) is 10.6 Å². The van der Waals surface area contributed by atoms with Gasteiger partial charge in [-0.15, -0.1) is 11.3 Å². The summed E-state index contributed by atoms with van der Waals surface area (Å²) in [7, 11) is 1.31. The van der Waals surface area contributed by atoms with Crippen molar-refractivity contribution >= 4 is 17.3 Å². The summed E-state index contributed by atoms with van der Waals surface area (Å²) in [5.41, 5.74) is 0.949. The molecule has 0 aliphatic heterocycles. The molecule has 1 aromatic carbocycles. The maximum Gasteiger partial charge on any atom is 0.357 e. The van der Waals surface area contributed by atoms with Crippen LogP contribution in [-0.2, 0) is 4.74 Å². The van der Waals surface area contributed by atoms with Gasteiger partial charge in [0.25, 0.3) is 0 Å². The van der Waals surface area contributed by atoms with E-state index in [1.165, 1.54) is 30.6 Å². The normalized spacial score (nSPS) is 10.3. The van der Waals surface area contributed by atoms with Crippen LogP contribution in [0.15, 0.2) is 24.3 Å². The van der Waals surface area contributed by atoms with E-state index in [1.807, 2.05) is 0 Å². The van der Waals surface area contributed by atoms with Crippen LogP contribution in [0, 0.1) is 12.7 Å². The molecule has 0 amide bonds. The highest BCUT2D eigenvalue weighted by Crippen LogP contribution is 2.28. The summed E-state index contributed by atoms with van der Waals surface area (Å²) in [6, 6.07) is 6.12. The quantitative estimate of drug-likeness (QED) is 0.770. The van der Waals surface area contributed by atoms with Crippen LogP contribution in [0.2, 0.25) is 0 Å². The first-order valence-corrected chi connectivity index (χ1v) is 5.75. The van der Waals surface area contributed by atoms with Gasteiger partial charge in [-0.3, -0.25) is 0 Å². The summed E-state index contributed by atoms with van der Waals surface area (Å²) in [6.07, 6.45) is 0. The Kier molecular flexibility index (Phi) is 3.19. The summed E-state index contributed by atoms with van der Waals surface area (Å²) in [5.74, 6) is -0.795. The smallest absolute Gasteiger partial charge is 0.357 e. The Hall–Kier alpha value is -1.75. The van der Waals surface area contributed by atoms with Gasteiger partial charge in [0, 0.05) is 10.4 Å². The van der Waals surface area contributed by atoms with Crippen molar-refractivity contribution in [3.05, 3.63) is 40.7 Å². The number of hydrogen-bond donors (Lipinski definition) is 0. The number of nitrogens with zero attached hydrogens (tertiary/aromatic N) is 1. The van der Waals surface area contributed by atoms with Crippen LogP contribution in [-0.4, -0.2) is 18.1 Å². The van der Waals surface area contributed by atoms with Crippen LogP contribution in [0.3, 0.4) is 0 Å². The average Bonchev–Trinajstić information content (AvgIpc) is 2.70. The first kappa shape index (κ1) is 11.7. The van der Waals surface area contributed by atoms with Crippen molar-refractivity contribution in [2.24, 2.45) is 0 Å². The number of halogens is 1. The van der Waals surface area contributed by atoms with Crippen LogP contribution in [0.25, 0.3) is 10.6 Å². The van der Waals surface area contributed by atoms with Crippen LogP contribution in [0.1, 0.15) is 15.4 Å². The fourth-order valence-electron chi connectivity index (χ4n) is 1.43. The van der Waals surface area contributed by atoms with Crippen LogP contribution in [0.5, 0.6) is 0 Å². The van der Waals surface area contributed by atoms with Crippen molar-refractivity contribution in [1.29, 1.82) is 0 Å². The van der Waals surface area contributed by atoms with Crippen molar-refractivity contribution in [2.45, 2.75) is 6.92 Å². The number of aryl methyl sites for hydroxylation is 1. The van der Waals surface area contributed by atoms with Gasteiger partial charge < -0.3 is 4.74 Å². The summed E-state index contributed by atoms with van der Waals surface area (Å²) in [5, 5.41) is 0.613. The molecule has 1 aromatic heterocycles. The van der Waals surface area contributed by atoms with E-state index in [9.17, 15) is 9.18 Å². The first-order chi connectivity index (χ1) is 8.11. The molecule has 0 N–H and O–H groups in total. The maximum atomic E-state index is 13.1. The summed E-state index contributed by atoms with van der Waals surface area (Å²) in [4.78, 5) is 16.3. The molecule has 0 radical (unpaired) electrons. The number of carbonyl (C=O) groups excluding carboxylic acids is 1. The van der Waals surface area contributed by atoms with Crippen LogP contribution in [0.4, 0.5) is 4.39 Å². The van der Waals surface area contributed by atoms with Gasteiger partial charge >= 0.3 is 5.97 Å². The molecule has 2 aromatic rings. The van der Waals surface area contributed by atoms with E-state index in [0.29, 0.717) is 10.6 Å². The molecule has 0 spiro atoms. The van der Waals surface area contributed by atoms with E-state index in [2.05, 4.69) is 9.72 Å². The van der Waals surface area contributed by atoms with E-state index in [1.54, 1.807) is 19.1 Å². The third kappa shape index (κ3) is 2.34. The first-order valence-electron chi connectivity index (χ1n) is 4.93. The van der Waals surface area contributed by atoms with Gasteiger partial charge in [-0.25, -0.2) is 14.2 Å². The topological polar surface area (TPSA) is 39.2 Å². The largest absolute Gasteiger partial charge is 0.464 e. The minimum Gasteiger partial charge on any atom is -0.464 e. The molecule has 2 rings (SSSR count). The minimum atomic E-state index is -0.471. The second-order valence-corrected chi connectivity index (χ2v) is 4.63. The highest BCUT2D eigenvalue weighted by molar-refractivity contribution is 7.15. The molecule has 3 nitrogen and oxygen atoms in total. The van der Waals surface area contributed by atoms with E-state index in [-0.39, 0.29) is 11.5 Å². The van der Waals surface area contributed by atoms with Crippen molar-refractivity contribution in [1.82, 2.24) is 4.98 Å². The Labute approximate surface area is 102 Å². The Morgan fingerprint density at radius 1 is 1.47 bits per heavy atom. The highest BCUT2D eigenvalue weighted by atomic mass is 32.1. The molecule has 17 heavy (non-hydrogen) atoms. The number of esters is 1. The Morgan fingerprint density at radius 3 is 2.88 bits per heavy atom. The van der Waals surface area contributed by atoms with Gasteiger partial charge in [-0.1, -0.05) is 12.1 Å². The molecule has 0 bridgehead atoms. The lowest BCUT2D eigenvalue weighted by atomic mass is 10.2. The van der Waals surface area contributed by atoms with Crippen molar-refractivity contribution < 1.29 is 13.9 Å². The zero-order valence-electron chi connectivity index (χ0n) is 9.36. The maximum absolute atomic E-state index is 13.1. The number of methoxy groups -OCH3 is 1. The second-order valence-electron chi connectivity index (χ2n) is 3.43. The fourth-order valence-corrected chi connectivity index (χ4v) is 2.32. The zero-order valence-corrected chi connectivity index (χ0v) is 10.2. The molecule has 0 fully saturated rings. The summed E-state index contributed by atoms with van der Waals surface area (Å²) < 4.78 is 17.7. The van der Waals surface area contributed by atoms with Gasteiger partial charge in [-0.05, 0) is 19.1 Å². The van der Waals surface area contributed by atoms with Crippen LogP contribution >= 0.6 is 11.3 Å². The lowest BCUT2D eigenvalue weighted by molar-refractivity contribution is 0.0594. The number of thiazole rings is 1. The molecule has 0 saturated heterocycles. The van der Waals surface area contributed by atoms with Gasteiger partial charge in [0.1, 0.15) is 10.8 Å². The third-order valence-electron chi connectivity index (χ3n) is 2.25. The van der Waals surface area contributed by atoms with Gasteiger partial charge in [0.2, 0.25) is 0 Å². The van der Waals surface area contributed by atoms with Gasteiger partial charge in [0.15, 0.2) is 5.69 Å². The number of benzene rings is 1. The number of ether oxygens (including phenoxy) is 1. The number of carbonyl (C=O) groups is 1. The molecule has 0 aliphatic rings. The SMILES string of the molecule is COC(=O)c1nc(-c2cccc(F)c2)sc1C. The van der Waals surface area contributed by atoms with Gasteiger partial charge in [-0.2, -0.15) is 0 Å². The van der Waals surface area contributed by atoms with E-state index in [0.717, 1.165) is 4.88 Å². The number of hydrogen-bond acceptors (Lipinski definition) is 4. The summed E-state index contributed by atoms with van der Waals surface area (Å²) in [6.45, 7) is 1.78. The highest BCUT2D eigenvalue weighted by Gasteiger charge is 2.16. The Bertz CT molecular complexity index is 565. The van der Waals surface area contributed by atoms with Crippen molar-refractivity contribution in [3.63, 3.8) is 0 Å². The zero-order chi connectivity index (χ0) is 12.4. The predicted molar refractivity (Wildman–Crippen MR) is 63.6 cm³/mol. The second kappa shape index (κ2) is 4.63. The summed E-state index contributed by atoms with van der Waals surface area (Å²) >= 11 is 1.34. The molecular formula is C12H10FNO2S. The Balaban J connectivity index is 2.44. The number of aromatic nitrogens is 1. The molecule has 0 unspecified atom stereocenters. The molecule has 0 atom stereocenters. The van der Waals surface area contributed by atoms with E-state index >= 15 is 0 Å². The molecule has 0 aliphatic carbocycles. The molecule has 0 saturated carbocycles. The van der Waals surface area contributed by atoms with Crippen LogP contribution < -0.4 is 0 Å². The van der Waals surface area contributed by atoms with E-state index in [4.69, 9.17) is 0 Å². The lowest BCUT2D eigenvalue weighted by Crippen LogP contribution is -2.03. The molecular weight excluding hydrogens is 241 g/mol. The minimum absolute atomic E-state index is 0.289. The standard InChI is InChI=1S/C12H10FNO2S/c1-7-10(12(15)16-2)14-11(17-7)8-4-3-5-9(13)6-8/h3-6H,1-2H3.